The van der Waals surface area contributed by atoms with Crippen LogP contribution in [0.4, 0.5) is 0 Å². The molecule has 0 saturated carbocycles. The van der Waals surface area contributed by atoms with Crippen molar-refractivity contribution in [2.24, 2.45) is 5.92 Å². The summed E-state index contributed by atoms with van der Waals surface area (Å²) in [5.74, 6) is -0.735. The van der Waals surface area contributed by atoms with E-state index in [4.69, 9.17) is 4.74 Å². The maximum absolute atomic E-state index is 11.6. The van der Waals surface area contributed by atoms with Crippen LogP contribution in [0.15, 0.2) is 0 Å². The Morgan fingerprint density at radius 1 is 1.65 bits per heavy atom. The maximum atomic E-state index is 11.6. The number of β-amino-alcohol motifs (C(OH)–C–C–N with tert-alkyl or cyclic N) is 1. The number of unbranched alkanes of at least 4 members (excludes halogenated alkanes) is 1. The van der Waals surface area contributed by atoms with E-state index in [0.717, 1.165) is 12.8 Å². The normalized spacial score (nSPS) is 21.7. The smallest absolute Gasteiger partial charge is 0.311 e. The third kappa shape index (κ3) is 4.34. The minimum Gasteiger partial charge on any atom is -0.465 e. The molecule has 0 bridgehead atoms. The van der Waals surface area contributed by atoms with Crippen molar-refractivity contribution in [3.63, 3.8) is 0 Å². The van der Waals surface area contributed by atoms with E-state index in [1.165, 1.54) is 4.90 Å². The molecule has 1 saturated heterocycles. The zero-order valence-electron chi connectivity index (χ0n) is 10.5. The maximum Gasteiger partial charge on any atom is 0.311 e. The van der Waals surface area contributed by atoms with Gasteiger partial charge >= 0.3 is 5.97 Å². The van der Waals surface area contributed by atoms with Crippen molar-refractivity contribution in [1.29, 1.82) is 0 Å². The van der Waals surface area contributed by atoms with Crippen molar-refractivity contribution < 1.29 is 19.4 Å². The van der Waals surface area contributed by atoms with Crippen LogP contribution in [0.25, 0.3) is 0 Å². The lowest BCUT2D eigenvalue weighted by atomic mass is 10.1. The summed E-state index contributed by atoms with van der Waals surface area (Å²) < 4.78 is 5.09. The Balaban J connectivity index is 2.37. The average molecular weight is 243 g/mol. The van der Waals surface area contributed by atoms with Gasteiger partial charge in [-0.25, -0.2) is 0 Å². The highest BCUT2D eigenvalue weighted by atomic mass is 16.5. The number of ether oxygens (including phenoxy) is 1. The largest absolute Gasteiger partial charge is 0.465 e. The molecule has 5 nitrogen and oxygen atoms in total. The molecule has 1 N–H and O–H groups in total. The van der Waals surface area contributed by atoms with E-state index in [9.17, 15) is 14.7 Å². The number of nitrogens with zero attached hydrogens (tertiary/aromatic N) is 1. The molecule has 1 aliphatic heterocycles. The van der Waals surface area contributed by atoms with E-state index in [-0.39, 0.29) is 30.8 Å². The molecule has 0 spiro atoms. The molecule has 0 aromatic heterocycles. The molecule has 1 heterocycles. The highest BCUT2D eigenvalue weighted by Gasteiger charge is 2.35. The van der Waals surface area contributed by atoms with Crippen molar-refractivity contribution in [3.8, 4) is 0 Å². The van der Waals surface area contributed by atoms with Gasteiger partial charge in [0.15, 0.2) is 0 Å². The van der Waals surface area contributed by atoms with E-state index in [0.29, 0.717) is 13.2 Å². The highest BCUT2D eigenvalue weighted by molar-refractivity contribution is 5.86. The summed E-state index contributed by atoms with van der Waals surface area (Å²) in [5, 5.41) is 9.22. The molecular weight excluding hydrogens is 222 g/mol. The van der Waals surface area contributed by atoms with E-state index >= 15 is 0 Å². The lowest BCUT2D eigenvalue weighted by Crippen LogP contribution is -2.33. The number of hydrogen-bond acceptors (Lipinski definition) is 4. The number of esters is 1. The number of aliphatic hydroxyl groups is 1. The zero-order valence-corrected chi connectivity index (χ0v) is 10.5. The van der Waals surface area contributed by atoms with Crippen molar-refractivity contribution in [2.75, 3.05) is 19.7 Å². The van der Waals surface area contributed by atoms with Crippen LogP contribution in [0.5, 0.6) is 0 Å². The van der Waals surface area contributed by atoms with Crippen LogP contribution in [0.1, 0.15) is 33.1 Å². The van der Waals surface area contributed by atoms with Crippen LogP contribution >= 0.6 is 0 Å². The quantitative estimate of drug-likeness (QED) is 0.547. The van der Waals surface area contributed by atoms with Crippen LogP contribution < -0.4 is 0 Å². The van der Waals surface area contributed by atoms with E-state index in [1.54, 1.807) is 6.92 Å². The number of carbonyl (C=O) groups is 2. The zero-order chi connectivity index (χ0) is 12.8. The Hall–Kier alpha value is -1.10. The van der Waals surface area contributed by atoms with Gasteiger partial charge in [-0.15, -0.1) is 0 Å². The average Bonchev–Trinajstić information content (AvgIpc) is 2.60. The number of likely N-dealkylation sites (tertiary alicyclic amines) is 1. The Bertz CT molecular complexity index is 278. The van der Waals surface area contributed by atoms with Gasteiger partial charge in [0.05, 0.1) is 18.6 Å². The van der Waals surface area contributed by atoms with Gasteiger partial charge < -0.3 is 14.7 Å². The molecule has 1 amide bonds. The molecule has 1 rings (SSSR count). The molecule has 1 aliphatic rings. The fourth-order valence-corrected chi connectivity index (χ4v) is 1.86. The Morgan fingerprint density at radius 2 is 2.35 bits per heavy atom. The van der Waals surface area contributed by atoms with Gasteiger partial charge in [-0.05, 0) is 13.3 Å². The van der Waals surface area contributed by atoms with Gasteiger partial charge in [0.25, 0.3) is 0 Å². The summed E-state index contributed by atoms with van der Waals surface area (Å²) in [5.41, 5.74) is 0. The van der Waals surface area contributed by atoms with Crippen LogP contribution in [0.2, 0.25) is 0 Å². The molecule has 0 aromatic rings. The SMILES string of the molecule is CCCCOC(=O)C1CC(=O)N(CC(C)O)C1. The monoisotopic (exact) mass is 243 g/mol. The van der Waals surface area contributed by atoms with Gasteiger partial charge in [0.2, 0.25) is 5.91 Å². The van der Waals surface area contributed by atoms with Crippen LogP contribution in [-0.2, 0) is 14.3 Å². The summed E-state index contributed by atoms with van der Waals surface area (Å²) >= 11 is 0. The molecule has 1 fully saturated rings. The molecule has 0 aliphatic carbocycles. The second kappa shape index (κ2) is 6.59. The number of hydrogen-bond donors (Lipinski definition) is 1. The van der Waals surface area contributed by atoms with Crippen molar-refractivity contribution in [2.45, 2.75) is 39.2 Å². The fourth-order valence-electron chi connectivity index (χ4n) is 1.86. The topological polar surface area (TPSA) is 66.8 Å². The predicted octanol–water partition coefficient (Wildman–Crippen LogP) is 0.559. The summed E-state index contributed by atoms with van der Waals surface area (Å²) in [4.78, 5) is 24.7. The Labute approximate surface area is 102 Å². The molecule has 0 radical (unpaired) electrons. The van der Waals surface area contributed by atoms with E-state index < -0.39 is 6.10 Å². The number of rotatable bonds is 6. The van der Waals surface area contributed by atoms with Crippen LogP contribution in [0.3, 0.4) is 0 Å². The van der Waals surface area contributed by atoms with Crippen LogP contribution in [-0.4, -0.2) is 47.7 Å². The highest BCUT2D eigenvalue weighted by Crippen LogP contribution is 2.19. The van der Waals surface area contributed by atoms with Crippen LogP contribution in [0, 0.1) is 5.92 Å². The second-order valence-electron chi connectivity index (χ2n) is 4.57. The van der Waals surface area contributed by atoms with Gasteiger partial charge in [0.1, 0.15) is 0 Å². The lowest BCUT2D eigenvalue weighted by molar-refractivity contribution is -0.148. The molecule has 2 atom stereocenters. The molecular formula is C12H21NO4. The van der Waals surface area contributed by atoms with Gasteiger partial charge in [-0.1, -0.05) is 13.3 Å². The molecule has 0 aromatic carbocycles. The van der Waals surface area contributed by atoms with E-state index in [2.05, 4.69) is 0 Å². The summed E-state index contributed by atoms with van der Waals surface area (Å²) in [6, 6.07) is 0. The molecule has 17 heavy (non-hydrogen) atoms. The van der Waals surface area contributed by atoms with Crippen molar-refractivity contribution in [3.05, 3.63) is 0 Å². The van der Waals surface area contributed by atoms with Gasteiger partial charge in [-0.2, -0.15) is 0 Å². The van der Waals surface area contributed by atoms with E-state index in [1.807, 2.05) is 6.92 Å². The first-order chi connectivity index (χ1) is 8.04. The fraction of sp³-hybridized carbons (Fsp3) is 0.833. The number of aliphatic hydroxyl groups excluding tert-OH is 1. The number of carbonyl (C=O) groups excluding carboxylic acids is 2. The summed E-state index contributed by atoms with van der Waals surface area (Å²) in [6.07, 6.45) is 1.47. The summed E-state index contributed by atoms with van der Waals surface area (Å²) in [6.45, 7) is 4.74. The van der Waals surface area contributed by atoms with Gasteiger partial charge in [0, 0.05) is 19.5 Å². The third-order valence-electron chi connectivity index (χ3n) is 2.77. The van der Waals surface area contributed by atoms with Crippen molar-refractivity contribution in [1.82, 2.24) is 4.90 Å². The first-order valence-corrected chi connectivity index (χ1v) is 6.17. The third-order valence-corrected chi connectivity index (χ3v) is 2.77. The standard InChI is InChI=1S/C12H21NO4/c1-3-4-5-17-12(16)10-6-11(15)13(8-10)7-9(2)14/h9-10,14H,3-8H2,1-2H3. The molecule has 98 valence electrons. The first-order valence-electron chi connectivity index (χ1n) is 6.17. The Kier molecular flexibility index (Phi) is 5.41. The minimum atomic E-state index is -0.561. The lowest BCUT2D eigenvalue weighted by Gasteiger charge is -2.17. The van der Waals surface area contributed by atoms with Gasteiger partial charge in [-0.3, -0.25) is 9.59 Å². The summed E-state index contributed by atoms with van der Waals surface area (Å²) in [7, 11) is 0. The Morgan fingerprint density at radius 3 is 2.94 bits per heavy atom. The molecule has 5 heteroatoms. The van der Waals surface area contributed by atoms with Crippen molar-refractivity contribution >= 4 is 11.9 Å². The molecule has 2 unspecified atom stereocenters. The predicted molar refractivity (Wildman–Crippen MR) is 62.2 cm³/mol. The minimum absolute atomic E-state index is 0.0802. The second-order valence-corrected chi connectivity index (χ2v) is 4.57. The first kappa shape index (κ1) is 14.0. The number of amides is 1.